The number of fused-ring (bicyclic) bond motifs is 1. The zero-order valence-electron chi connectivity index (χ0n) is 13.8. The second kappa shape index (κ2) is 4.99. The molecule has 2 heterocycles. The summed E-state index contributed by atoms with van der Waals surface area (Å²) in [6, 6.07) is -0.425. The summed E-state index contributed by atoms with van der Waals surface area (Å²) in [5, 5.41) is 0. The molecule has 3 fully saturated rings. The van der Waals surface area contributed by atoms with Crippen molar-refractivity contribution >= 4 is 11.8 Å². The van der Waals surface area contributed by atoms with Crippen molar-refractivity contribution in [2.75, 3.05) is 13.1 Å². The van der Waals surface area contributed by atoms with E-state index in [4.69, 9.17) is 0 Å². The van der Waals surface area contributed by atoms with Crippen molar-refractivity contribution in [2.45, 2.75) is 65.5 Å². The number of hydrogen-bond donors (Lipinski definition) is 0. The highest BCUT2D eigenvalue weighted by Crippen LogP contribution is 2.52. The molecule has 0 aromatic rings. The number of carbonyl (C=O) groups is 2. The molecule has 0 aromatic heterocycles. The first-order valence-electron chi connectivity index (χ1n) is 8.44. The van der Waals surface area contributed by atoms with Crippen LogP contribution in [0, 0.1) is 17.3 Å². The number of hydrogen-bond acceptors (Lipinski definition) is 2. The van der Waals surface area contributed by atoms with Gasteiger partial charge in [0.1, 0.15) is 12.1 Å². The molecule has 0 spiro atoms. The molecule has 3 atom stereocenters. The number of piperazine rings is 1. The third-order valence-electron chi connectivity index (χ3n) is 5.71. The van der Waals surface area contributed by atoms with Crippen molar-refractivity contribution in [3.63, 3.8) is 0 Å². The minimum absolute atomic E-state index is 0.178. The lowest BCUT2D eigenvalue weighted by Gasteiger charge is -2.48. The van der Waals surface area contributed by atoms with Crippen LogP contribution in [0.25, 0.3) is 0 Å². The lowest BCUT2D eigenvalue weighted by Crippen LogP contribution is -2.67. The van der Waals surface area contributed by atoms with Gasteiger partial charge in [0, 0.05) is 13.1 Å². The summed E-state index contributed by atoms with van der Waals surface area (Å²) in [6.07, 6.45) is 4.12. The van der Waals surface area contributed by atoms with Gasteiger partial charge in [-0.15, -0.1) is 0 Å². The van der Waals surface area contributed by atoms with Gasteiger partial charge in [0.15, 0.2) is 0 Å². The van der Waals surface area contributed by atoms with Crippen LogP contribution >= 0.6 is 0 Å². The van der Waals surface area contributed by atoms with Gasteiger partial charge in [-0.1, -0.05) is 27.7 Å². The van der Waals surface area contributed by atoms with Gasteiger partial charge >= 0.3 is 0 Å². The van der Waals surface area contributed by atoms with Crippen LogP contribution in [0.5, 0.6) is 0 Å². The van der Waals surface area contributed by atoms with E-state index in [2.05, 4.69) is 27.7 Å². The van der Waals surface area contributed by atoms with E-state index >= 15 is 0 Å². The molecule has 0 aromatic carbocycles. The van der Waals surface area contributed by atoms with Crippen molar-refractivity contribution in [2.24, 2.45) is 17.3 Å². The Labute approximate surface area is 127 Å². The highest BCUT2D eigenvalue weighted by atomic mass is 16.2. The Morgan fingerprint density at radius 1 is 1.19 bits per heavy atom. The molecular weight excluding hydrogens is 264 g/mol. The van der Waals surface area contributed by atoms with E-state index in [1.165, 1.54) is 6.42 Å². The molecule has 1 saturated carbocycles. The van der Waals surface area contributed by atoms with E-state index in [1.807, 2.05) is 9.80 Å². The largest absolute Gasteiger partial charge is 0.329 e. The first-order chi connectivity index (χ1) is 9.83. The Morgan fingerprint density at radius 2 is 1.86 bits per heavy atom. The van der Waals surface area contributed by atoms with E-state index in [1.54, 1.807) is 0 Å². The van der Waals surface area contributed by atoms with Crippen LogP contribution in [0.4, 0.5) is 0 Å². The Morgan fingerprint density at radius 3 is 2.43 bits per heavy atom. The van der Waals surface area contributed by atoms with Crippen LogP contribution in [-0.2, 0) is 9.59 Å². The first-order valence-corrected chi connectivity index (χ1v) is 8.44. The summed E-state index contributed by atoms with van der Waals surface area (Å²) < 4.78 is 0. The average Bonchev–Trinajstić information content (AvgIpc) is 3.02. The summed E-state index contributed by atoms with van der Waals surface area (Å²) in [7, 11) is 0. The molecule has 0 radical (unpaired) electrons. The molecule has 21 heavy (non-hydrogen) atoms. The molecular formula is C17H28N2O2. The fourth-order valence-electron chi connectivity index (χ4n) is 4.06. The normalized spacial score (nSPS) is 35.2. The number of nitrogens with zero attached hydrogens (tertiary/aromatic N) is 2. The fraction of sp³-hybridized carbons (Fsp3) is 0.882. The Kier molecular flexibility index (Phi) is 3.53. The molecule has 2 saturated heterocycles. The molecule has 2 amide bonds. The van der Waals surface area contributed by atoms with Crippen LogP contribution in [-0.4, -0.2) is 46.8 Å². The van der Waals surface area contributed by atoms with Gasteiger partial charge in [-0.2, -0.15) is 0 Å². The lowest BCUT2D eigenvalue weighted by molar-refractivity contribution is -0.166. The molecule has 1 aliphatic carbocycles. The topological polar surface area (TPSA) is 40.6 Å². The first kappa shape index (κ1) is 14.9. The number of rotatable bonds is 3. The van der Waals surface area contributed by atoms with Crippen molar-refractivity contribution in [1.82, 2.24) is 9.80 Å². The van der Waals surface area contributed by atoms with Gasteiger partial charge in [0.25, 0.3) is 0 Å². The van der Waals surface area contributed by atoms with E-state index < -0.39 is 0 Å². The fourth-order valence-corrected chi connectivity index (χ4v) is 4.06. The number of amides is 2. The third-order valence-corrected chi connectivity index (χ3v) is 5.71. The zero-order valence-corrected chi connectivity index (χ0v) is 13.8. The Bertz CT molecular complexity index is 458. The summed E-state index contributed by atoms with van der Waals surface area (Å²) in [5.74, 6) is 1.14. The summed E-state index contributed by atoms with van der Waals surface area (Å²) in [4.78, 5) is 29.6. The zero-order chi connectivity index (χ0) is 15.4. The van der Waals surface area contributed by atoms with Gasteiger partial charge < -0.3 is 9.80 Å². The van der Waals surface area contributed by atoms with Crippen molar-refractivity contribution < 1.29 is 9.59 Å². The predicted molar refractivity (Wildman–Crippen MR) is 81.6 cm³/mol. The van der Waals surface area contributed by atoms with Crippen LogP contribution in [0.1, 0.15) is 53.4 Å². The number of carbonyl (C=O) groups excluding carboxylic acids is 2. The minimum atomic E-state index is -0.247. The molecule has 2 aliphatic heterocycles. The van der Waals surface area contributed by atoms with E-state index in [0.717, 1.165) is 32.4 Å². The van der Waals surface area contributed by atoms with Gasteiger partial charge in [0.05, 0.1) is 0 Å². The average molecular weight is 292 g/mol. The summed E-state index contributed by atoms with van der Waals surface area (Å²) >= 11 is 0. The van der Waals surface area contributed by atoms with Gasteiger partial charge in [-0.25, -0.2) is 0 Å². The van der Waals surface area contributed by atoms with Crippen LogP contribution in [0.15, 0.2) is 0 Å². The molecule has 0 bridgehead atoms. The Balaban J connectivity index is 1.84. The summed E-state index contributed by atoms with van der Waals surface area (Å²) in [6.45, 7) is 10.2. The van der Waals surface area contributed by atoms with Gasteiger partial charge in [-0.05, 0) is 42.9 Å². The maximum atomic E-state index is 12.9. The number of piperidine rings is 1. The van der Waals surface area contributed by atoms with E-state index in [0.29, 0.717) is 11.3 Å². The standard InChI is InChI=1S/C17H28N2O2/c1-11(2)14-16(21)18-8-6-5-7-13(18)15(20)19(14)10-12-9-17(12,3)4/h11-14H,5-10H2,1-4H3. The Hall–Kier alpha value is -1.06. The molecule has 0 N–H and O–H groups in total. The van der Waals surface area contributed by atoms with Crippen molar-refractivity contribution in [3.8, 4) is 0 Å². The molecule has 4 heteroatoms. The maximum absolute atomic E-state index is 12.9. The van der Waals surface area contributed by atoms with Crippen molar-refractivity contribution in [1.29, 1.82) is 0 Å². The highest BCUT2D eigenvalue weighted by Gasteiger charge is 2.52. The van der Waals surface area contributed by atoms with Crippen LogP contribution < -0.4 is 0 Å². The summed E-state index contributed by atoms with van der Waals surface area (Å²) in [5.41, 5.74) is 0.342. The predicted octanol–water partition coefficient (Wildman–Crippen LogP) is 2.28. The van der Waals surface area contributed by atoms with Crippen LogP contribution in [0.3, 0.4) is 0 Å². The van der Waals surface area contributed by atoms with E-state index in [9.17, 15) is 9.59 Å². The minimum Gasteiger partial charge on any atom is -0.329 e. The van der Waals surface area contributed by atoms with Crippen LogP contribution in [0.2, 0.25) is 0 Å². The highest BCUT2D eigenvalue weighted by molar-refractivity contribution is 5.97. The van der Waals surface area contributed by atoms with Gasteiger partial charge in [-0.3, -0.25) is 9.59 Å². The molecule has 4 nitrogen and oxygen atoms in total. The molecule has 3 aliphatic rings. The molecule has 118 valence electrons. The third kappa shape index (κ3) is 2.47. The maximum Gasteiger partial charge on any atom is 0.246 e. The van der Waals surface area contributed by atoms with Crippen molar-refractivity contribution in [3.05, 3.63) is 0 Å². The smallest absolute Gasteiger partial charge is 0.246 e. The lowest BCUT2D eigenvalue weighted by atomic mass is 9.90. The SMILES string of the molecule is CC(C)C1C(=O)N2CCCCC2C(=O)N1CC1CC1(C)C. The van der Waals surface area contributed by atoms with E-state index in [-0.39, 0.29) is 29.8 Å². The molecule has 3 rings (SSSR count). The second-order valence-corrected chi connectivity index (χ2v) is 8.11. The monoisotopic (exact) mass is 292 g/mol. The molecule has 3 unspecified atom stereocenters. The second-order valence-electron chi connectivity index (χ2n) is 8.11. The quantitative estimate of drug-likeness (QED) is 0.800. The van der Waals surface area contributed by atoms with Gasteiger partial charge in [0.2, 0.25) is 11.8 Å².